The normalized spacial score (nSPS) is 21.8. The largest absolute Gasteiger partial charge is 0.365 e. The molecule has 2 fully saturated rings. The first-order chi connectivity index (χ1) is 11.1. The molecule has 3 heterocycles. The van der Waals surface area contributed by atoms with E-state index in [4.69, 9.17) is 0 Å². The Hall–Kier alpha value is -1.67. The van der Waals surface area contributed by atoms with Gasteiger partial charge in [0.25, 0.3) is 5.91 Å². The Morgan fingerprint density at radius 1 is 1.39 bits per heavy atom. The summed E-state index contributed by atoms with van der Waals surface area (Å²) in [5.74, 6) is 0.0602. The van der Waals surface area contributed by atoms with Gasteiger partial charge in [-0.3, -0.25) is 14.5 Å². The summed E-state index contributed by atoms with van der Waals surface area (Å²) in [6, 6.07) is 0. The van der Waals surface area contributed by atoms with Crippen LogP contribution in [0.15, 0.2) is 5.38 Å². The lowest BCUT2D eigenvalue weighted by molar-refractivity contribution is -0.134. The third kappa shape index (κ3) is 2.92. The lowest BCUT2D eigenvalue weighted by Crippen LogP contribution is -2.61. The second kappa shape index (κ2) is 6.45. The molecule has 0 atom stereocenters. The van der Waals surface area contributed by atoms with Crippen molar-refractivity contribution in [3.63, 3.8) is 0 Å². The second-order valence-electron chi connectivity index (χ2n) is 6.14. The number of aromatic nitrogens is 1. The van der Waals surface area contributed by atoms with E-state index in [1.807, 2.05) is 11.9 Å². The van der Waals surface area contributed by atoms with Crippen LogP contribution in [0.5, 0.6) is 0 Å². The van der Waals surface area contributed by atoms with E-state index in [1.54, 1.807) is 12.4 Å². The topological polar surface area (TPSA) is 77.6 Å². The summed E-state index contributed by atoms with van der Waals surface area (Å²) in [5.41, 5.74) is 0.0138. The number of nitrogens with one attached hydrogen (secondary N) is 2. The summed E-state index contributed by atoms with van der Waals surface area (Å²) in [6.45, 7) is 2.81. The smallest absolute Gasteiger partial charge is 0.273 e. The molecule has 0 aromatic carbocycles. The van der Waals surface area contributed by atoms with Gasteiger partial charge in [0.1, 0.15) is 11.2 Å². The summed E-state index contributed by atoms with van der Waals surface area (Å²) in [4.78, 5) is 33.3. The van der Waals surface area contributed by atoms with Gasteiger partial charge < -0.3 is 15.5 Å². The first-order valence-electron chi connectivity index (χ1n) is 7.99. The molecule has 0 bridgehead atoms. The van der Waals surface area contributed by atoms with E-state index in [1.165, 1.54) is 11.3 Å². The number of likely N-dealkylation sites (N-methyl/N-ethyl adjacent to an activating group) is 1. The van der Waals surface area contributed by atoms with Crippen molar-refractivity contribution >= 4 is 28.3 Å². The molecule has 23 heavy (non-hydrogen) atoms. The lowest BCUT2D eigenvalue weighted by Gasteiger charge is -2.44. The van der Waals surface area contributed by atoms with Crippen molar-refractivity contribution in [2.24, 2.45) is 0 Å². The molecule has 2 saturated heterocycles. The van der Waals surface area contributed by atoms with Crippen LogP contribution in [0.25, 0.3) is 0 Å². The standard InChI is InChI=1S/C15H23N5O2S/c1-16-14-18-11(10-23-14)12(21)20-8-4-15(5-9-20)13(22)17-6-3-7-19(15)2/h10H,3-9H2,1-2H3,(H,16,18)(H,17,22). The number of anilines is 1. The maximum atomic E-state index is 12.6. The number of carbonyl (C=O) groups excluding carboxylic acids is 2. The van der Waals surface area contributed by atoms with Gasteiger partial charge in [-0.15, -0.1) is 11.3 Å². The molecular formula is C15H23N5O2S. The summed E-state index contributed by atoms with van der Waals surface area (Å²) in [6.07, 6.45) is 2.31. The van der Waals surface area contributed by atoms with Crippen molar-refractivity contribution < 1.29 is 9.59 Å². The van der Waals surface area contributed by atoms with Crippen LogP contribution in [0, 0.1) is 0 Å². The number of hydrogen-bond acceptors (Lipinski definition) is 6. The van der Waals surface area contributed by atoms with Crippen LogP contribution >= 0.6 is 11.3 Å². The van der Waals surface area contributed by atoms with E-state index in [2.05, 4.69) is 20.5 Å². The number of piperidine rings is 1. The van der Waals surface area contributed by atoms with E-state index in [9.17, 15) is 9.59 Å². The molecule has 1 aromatic rings. The number of carbonyl (C=O) groups is 2. The summed E-state index contributed by atoms with van der Waals surface area (Å²) in [7, 11) is 3.81. The number of rotatable bonds is 2. The minimum absolute atomic E-state index is 0.0470. The molecule has 2 amide bonds. The fraction of sp³-hybridized carbons (Fsp3) is 0.667. The highest BCUT2D eigenvalue weighted by Crippen LogP contribution is 2.30. The molecule has 1 aromatic heterocycles. The van der Waals surface area contributed by atoms with Crippen LogP contribution in [0.1, 0.15) is 29.8 Å². The molecule has 7 nitrogen and oxygen atoms in total. The van der Waals surface area contributed by atoms with Crippen LogP contribution in [0.2, 0.25) is 0 Å². The van der Waals surface area contributed by atoms with E-state index < -0.39 is 5.54 Å². The van der Waals surface area contributed by atoms with Crippen molar-refractivity contribution in [1.29, 1.82) is 0 Å². The molecule has 2 aliphatic rings. The minimum atomic E-state index is -0.467. The average molecular weight is 337 g/mol. The molecule has 0 radical (unpaired) electrons. The van der Waals surface area contributed by atoms with Gasteiger partial charge in [0, 0.05) is 38.6 Å². The van der Waals surface area contributed by atoms with Crippen LogP contribution < -0.4 is 10.6 Å². The quantitative estimate of drug-likeness (QED) is 0.827. The van der Waals surface area contributed by atoms with Crippen molar-refractivity contribution in [3.05, 3.63) is 11.1 Å². The van der Waals surface area contributed by atoms with E-state index in [0.717, 1.165) is 24.6 Å². The van der Waals surface area contributed by atoms with Crippen molar-refractivity contribution in [2.45, 2.75) is 24.8 Å². The zero-order valence-electron chi connectivity index (χ0n) is 13.6. The van der Waals surface area contributed by atoms with E-state index in [0.29, 0.717) is 31.6 Å². The second-order valence-corrected chi connectivity index (χ2v) is 7.00. The molecule has 2 N–H and O–H groups in total. The number of thiazole rings is 1. The third-order valence-electron chi connectivity index (χ3n) is 4.92. The summed E-state index contributed by atoms with van der Waals surface area (Å²) < 4.78 is 0. The van der Waals surface area contributed by atoms with Gasteiger partial charge in [-0.2, -0.15) is 0 Å². The lowest BCUT2D eigenvalue weighted by atomic mass is 9.85. The highest BCUT2D eigenvalue weighted by Gasteiger charge is 2.46. The molecule has 0 aliphatic carbocycles. The molecule has 0 saturated carbocycles. The molecule has 8 heteroatoms. The van der Waals surface area contributed by atoms with E-state index in [-0.39, 0.29) is 11.8 Å². The van der Waals surface area contributed by atoms with Crippen LogP contribution in [-0.2, 0) is 4.79 Å². The van der Waals surface area contributed by atoms with Gasteiger partial charge >= 0.3 is 0 Å². The Bertz CT molecular complexity index is 594. The Morgan fingerprint density at radius 3 is 2.78 bits per heavy atom. The van der Waals surface area contributed by atoms with Gasteiger partial charge in [0.2, 0.25) is 5.91 Å². The number of likely N-dealkylation sites (tertiary alicyclic amines) is 1. The van der Waals surface area contributed by atoms with Crippen molar-refractivity contribution in [3.8, 4) is 0 Å². The Morgan fingerprint density at radius 2 is 2.13 bits per heavy atom. The fourth-order valence-electron chi connectivity index (χ4n) is 3.41. The molecule has 126 valence electrons. The zero-order chi connectivity index (χ0) is 16.4. The minimum Gasteiger partial charge on any atom is -0.365 e. The van der Waals surface area contributed by atoms with Crippen LogP contribution in [0.4, 0.5) is 5.13 Å². The van der Waals surface area contributed by atoms with Crippen LogP contribution in [0.3, 0.4) is 0 Å². The van der Waals surface area contributed by atoms with Gasteiger partial charge in [0.15, 0.2) is 5.13 Å². The maximum absolute atomic E-state index is 12.6. The first-order valence-corrected chi connectivity index (χ1v) is 8.87. The third-order valence-corrected chi connectivity index (χ3v) is 5.78. The molecule has 1 spiro atoms. The Balaban J connectivity index is 1.69. The predicted molar refractivity (Wildman–Crippen MR) is 89.8 cm³/mol. The number of amides is 2. The average Bonchev–Trinajstić information content (AvgIpc) is 3.02. The first kappa shape index (κ1) is 16.2. The van der Waals surface area contributed by atoms with Gasteiger partial charge in [-0.05, 0) is 26.3 Å². The monoisotopic (exact) mass is 337 g/mol. The maximum Gasteiger partial charge on any atom is 0.273 e. The molecule has 0 unspecified atom stereocenters. The highest BCUT2D eigenvalue weighted by molar-refractivity contribution is 7.13. The SMILES string of the molecule is CNc1nc(C(=O)N2CCC3(CC2)C(=O)NCCCN3C)cs1. The number of hydrogen-bond donors (Lipinski definition) is 2. The zero-order valence-corrected chi connectivity index (χ0v) is 14.4. The number of nitrogens with zero attached hydrogens (tertiary/aromatic N) is 3. The van der Waals surface area contributed by atoms with Crippen LogP contribution in [-0.4, -0.2) is 72.4 Å². The predicted octanol–water partition coefficient (Wildman–Crippen LogP) is 0.611. The molecule has 3 rings (SSSR count). The highest BCUT2D eigenvalue weighted by atomic mass is 32.1. The van der Waals surface area contributed by atoms with Crippen molar-refractivity contribution in [2.75, 3.05) is 45.6 Å². The molecular weight excluding hydrogens is 314 g/mol. The Labute approximate surface area is 140 Å². The van der Waals surface area contributed by atoms with Gasteiger partial charge in [-0.25, -0.2) is 4.98 Å². The van der Waals surface area contributed by atoms with E-state index >= 15 is 0 Å². The van der Waals surface area contributed by atoms with Gasteiger partial charge in [0.05, 0.1) is 0 Å². The van der Waals surface area contributed by atoms with Gasteiger partial charge in [-0.1, -0.05) is 0 Å². The Kier molecular flexibility index (Phi) is 4.54. The van der Waals surface area contributed by atoms with Crippen molar-refractivity contribution in [1.82, 2.24) is 20.1 Å². The fourth-order valence-corrected chi connectivity index (χ4v) is 4.05. The summed E-state index contributed by atoms with van der Waals surface area (Å²) in [5, 5.41) is 8.49. The molecule has 2 aliphatic heterocycles. The summed E-state index contributed by atoms with van der Waals surface area (Å²) >= 11 is 1.42.